The average Bonchev–Trinajstić information content (AvgIpc) is 1.47. The minimum atomic E-state index is -0.347. The van der Waals surface area contributed by atoms with Crippen LogP contribution in [0.4, 0.5) is 0 Å². The molecule has 3 saturated heterocycles. The third-order valence-electron chi connectivity index (χ3n) is 25.2. The van der Waals surface area contributed by atoms with Crippen LogP contribution in [0.15, 0.2) is 245 Å². The first-order chi connectivity index (χ1) is 53.4. The first kappa shape index (κ1) is 83.6. The summed E-state index contributed by atoms with van der Waals surface area (Å²) in [6, 6.07) is 55.1. The summed E-state index contributed by atoms with van der Waals surface area (Å²) >= 11 is 10.1. The molecule has 3 aliphatic heterocycles. The number of hydrogen-bond acceptors (Lipinski definition) is 16. The van der Waals surface area contributed by atoms with Crippen molar-refractivity contribution in [2.45, 2.75) is 172 Å². The van der Waals surface area contributed by atoms with Crippen LogP contribution in [0, 0.1) is 34.5 Å². The summed E-state index contributed by atoms with van der Waals surface area (Å²) in [5, 5.41) is 25.9. The number of furan rings is 7. The summed E-state index contributed by atoms with van der Waals surface area (Å²) in [5.74, 6) is 2.73. The van der Waals surface area contributed by atoms with Gasteiger partial charge in [-0.05, 0) is 167 Å². The molecule has 2 N–H and O–H groups in total. The van der Waals surface area contributed by atoms with E-state index in [1.807, 2.05) is 152 Å². The number of halogens is 2. The van der Waals surface area contributed by atoms with Crippen molar-refractivity contribution < 1.29 is 105 Å². The third kappa shape index (κ3) is 16.6. The molecule has 10 heterocycles. The van der Waals surface area contributed by atoms with E-state index in [0.717, 1.165) is 131 Å². The van der Waals surface area contributed by atoms with Gasteiger partial charge < -0.3 is 70.5 Å². The van der Waals surface area contributed by atoms with Gasteiger partial charge in [0.15, 0.2) is 6.29 Å². The number of rotatable bonds is 11. The first-order valence-corrected chi connectivity index (χ1v) is 40.0. The molecular formula is C90H96B4BrClNaO16. The summed E-state index contributed by atoms with van der Waals surface area (Å²) in [6.45, 7) is 22.4. The van der Waals surface area contributed by atoms with Gasteiger partial charge in [-0.15, -0.1) is 11.6 Å². The molecule has 6 aliphatic carbocycles. The second-order valence-corrected chi connectivity index (χ2v) is 34.0. The van der Waals surface area contributed by atoms with Crippen LogP contribution < -0.4 is 29.6 Å². The maximum Gasteiger partial charge on any atom is 1.00 e. The molecule has 23 heteroatoms. The Kier molecular flexibility index (Phi) is 25.5. The van der Waals surface area contributed by atoms with Crippen LogP contribution in [-0.4, -0.2) is 86.2 Å². The number of fused-ring (bicyclic) bond motifs is 7. The zero-order chi connectivity index (χ0) is 77.6. The number of carbonyl (C=O) groups excluding carboxylic acids is 1. The van der Waals surface area contributed by atoms with Crippen molar-refractivity contribution in [2.75, 3.05) is 0 Å². The van der Waals surface area contributed by atoms with Gasteiger partial charge in [0.25, 0.3) is 0 Å². The molecule has 7 aromatic carbocycles. The Morgan fingerprint density at radius 3 is 1.14 bits per heavy atom. The van der Waals surface area contributed by atoms with Gasteiger partial charge in [0, 0.05) is 80.8 Å². The molecule has 113 heavy (non-hydrogen) atoms. The first-order valence-electron chi connectivity index (χ1n) is 38.5. The van der Waals surface area contributed by atoms with Crippen LogP contribution in [0.2, 0.25) is 0 Å². The predicted octanol–water partition coefficient (Wildman–Crippen LogP) is 18.9. The van der Waals surface area contributed by atoms with E-state index in [2.05, 4.69) is 115 Å². The molecule has 9 atom stereocenters. The topological polar surface area (TPSA) is 205 Å². The molecule has 6 saturated carbocycles. The number of para-hydroxylation sites is 7. The standard InChI is InChI=1S/C20H24BClO3.C19H23BO3.C15H19BO3.C9H7BrO.2C9H8O2.C9H6O2.B.Na.H/c1-19(2)13-9-16(19)20(3)17(10-13)24-21(25-20)18(22)8-12-11-23-15-7-5-4-6-14(12)15;1-18(2)13-8-16(18)19(3)17(9-13)22-20(23-19)10-12-11-21-15-7-5-4-6-14(12)15;1-14(2)15(3,4)19-16(18-14)9-11-10-17-13-8-6-5-7-12(11)13;4*10-5-7-6-11-9-4-2-1-3-8(7)9;;;/h4-7,11,13,16-18H,8-10H2,1-3H3;4-7,11,13,16-17H,8-10H2,1-3H3;5-8,10H,9H2,1-4H3;1-4,6H,5H2;2*1-4,6,10H,5H2;1-6H;;;/q;;;;;;;;+1;-1/t13-,16-,17+,18+,20-;13-,16-,17+,19-;;;;;;;;/m00......../s1. The summed E-state index contributed by atoms with van der Waals surface area (Å²) in [7, 11) is -0.715. The van der Waals surface area contributed by atoms with Crippen LogP contribution in [0.25, 0.3) is 76.8 Å². The molecule has 4 bridgehead atoms. The van der Waals surface area contributed by atoms with Crippen molar-refractivity contribution in [3.8, 4) is 0 Å². The quantitative estimate of drug-likeness (QED) is 0.0702. The van der Waals surface area contributed by atoms with E-state index in [1.54, 1.807) is 25.1 Å². The number of alkyl halides is 2. The molecule has 14 aromatic rings. The molecule has 3 radical (unpaired) electrons. The Labute approximate surface area is 699 Å². The summed E-state index contributed by atoms with van der Waals surface area (Å²) in [6.07, 6.45) is 20.1. The van der Waals surface area contributed by atoms with Crippen molar-refractivity contribution in [2.24, 2.45) is 34.5 Å². The predicted molar refractivity (Wildman–Crippen MR) is 447 cm³/mol. The number of carbonyl (C=O) groups is 1. The number of aliphatic hydroxyl groups excluding tert-OH is 2. The molecule has 0 unspecified atom stereocenters. The zero-order valence-corrected chi connectivity index (χ0v) is 70.4. The normalized spacial score (nSPS) is 23.5. The molecular weight excluding hydrogens is 1520 g/mol. The van der Waals surface area contributed by atoms with Gasteiger partial charge in [-0.3, -0.25) is 4.79 Å². The SMILES string of the molecule is BrCc1coc2ccccc12.CC1(C)OB(Cc2coc3ccccc23)OC1(C)C.CC1(C)[C@@H]2C[C@H]3OB(Cc4coc5ccccc45)O[C@@]3(C)[C@H]1C2.CC1(C)[C@@H]2C[C@H]3OB([C@H](Cl)Cc4coc5ccccc45)O[C@@]3(C)[C@H]1C2.O=Cc1coc2ccccc12.OCc1coc2ccccc12.OCc1coc2ccccc12.[B].[H-].[Na+]. The molecule has 7 aromatic heterocycles. The second-order valence-electron chi connectivity index (χ2n) is 32.8. The minimum Gasteiger partial charge on any atom is -1.00 e. The van der Waals surface area contributed by atoms with Crippen LogP contribution >= 0.6 is 27.5 Å². The molecule has 16 nitrogen and oxygen atoms in total. The van der Waals surface area contributed by atoms with Crippen LogP contribution in [-0.2, 0) is 65.5 Å². The fourth-order valence-corrected chi connectivity index (χ4v) is 18.6. The number of aldehydes is 1. The van der Waals surface area contributed by atoms with Crippen LogP contribution in [0.5, 0.6) is 0 Å². The van der Waals surface area contributed by atoms with Crippen molar-refractivity contribution >= 4 is 140 Å². The molecule has 0 amide bonds. The monoisotopic (exact) mass is 1610 g/mol. The number of hydrogen-bond donors (Lipinski definition) is 2. The third-order valence-corrected chi connectivity index (χ3v) is 26.2. The zero-order valence-electron chi connectivity index (χ0n) is 67.1. The molecule has 9 fully saturated rings. The fourth-order valence-electron chi connectivity index (χ4n) is 17.9. The van der Waals surface area contributed by atoms with Crippen molar-refractivity contribution in [1.29, 1.82) is 0 Å². The van der Waals surface area contributed by atoms with E-state index in [9.17, 15) is 4.79 Å². The average molecular weight is 1620 g/mol. The fraction of sp³-hybridized carbons (Fsp3) is 0.367. The van der Waals surface area contributed by atoms with Crippen molar-refractivity contribution in [1.82, 2.24) is 0 Å². The van der Waals surface area contributed by atoms with Crippen molar-refractivity contribution in [3.63, 3.8) is 0 Å². The van der Waals surface area contributed by atoms with E-state index >= 15 is 0 Å². The molecule has 0 spiro atoms. The molecule has 23 rings (SSSR count). The number of benzene rings is 7. The van der Waals surface area contributed by atoms with Gasteiger partial charge >= 0.3 is 50.9 Å². The van der Waals surface area contributed by atoms with Crippen LogP contribution in [0.1, 0.15) is 140 Å². The Balaban J connectivity index is 0.000000126. The summed E-state index contributed by atoms with van der Waals surface area (Å²) in [5.41, 5.74) is 12.9. The smallest absolute Gasteiger partial charge is 1.00 e. The van der Waals surface area contributed by atoms with Gasteiger partial charge in [-0.2, -0.15) is 0 Å². The Bertz CT molecular complexity index is 5360. The van der Waals surface area contributed by atoms with E-state index in [0.29, 0.717) is 41.0 Å². The van der Waals surface area contributed by atoms with E-state index in [1.165, 1.54) is 41.0 Å². The van der Waals surface area contributed by atoms with Gasteiger partial charge in [-0.1, -0.05) is 171 Å². The van der Waals surface area contributed by atoms with Gasteiger partial charge in [0.05, 0.1) is 96.2 Å². The second kappa shape index (κ2) is 34.5. The van der Waals surface area contributed by atoms with E-state index < -0.39 is 0 Å². The van der Waals surface area contributed by atoms with Gasteiger partial charge in [0.2, 0.25) is 0 Å². The largest absolute Gasteiger partial charge is 1.00 e. The Morgan fingerprint density at radius 1 is 0.425 bits per heavy atom. The maximum absolute atomic E-state index is 10.4. The van der Waals surface area contributed by atoms with E-state index in [-0.39, 0.29) is 114 Å². The van der Waals surface area contributed by atoms with Gasteiger partial charge in [-0.25, -0.2) is 0 Å². The van der Waals surface area contributed by atoms with Crippen molar-refractivity contribution in [3.05, 3.63) is 253 Å². The molecule has 9 aliphatic rings. The Hall–Kier alpha value is -7.30. The summed E-state index contributed by atoms with van der Waals surface area (Å²) in [4.78, 5) is 10.4. The van der Waals surface area contributed by atoms with Gasteiger partial charge in [0.1, 0.15) is 45.3 Å². The molecule has 579 valence electrons. The Morgan fingerprint density at radius 2 is 0.743 bits per heavy atom. The van der Waals surface area contributed by atoms with Crippen LogP contribution in [0.3, 0.4) is 0 Å². The summed E-state index contributed by atoms with van der Waals surface area (Å²) < 4.78 is 75.3. The minimum absolute atomic E-state index is 0. The number of aliphatic hydroxyl groups is 2. The van der Waals surface area contributed by atoms with E-state index in [4.69, 9.17) is 80.7 Å². The maximum atomic E-state index is 10.4.